The lowest BCUT2D eigenvalue weighted by molar-refractivity contribution is 0.164. The van der Waals surface area contributed by atoms with Crippen molar-refractivity contribution in [2.45, 2.75) is 33.6 Å². The van der Waals surface area contributed by atoms with Gasteiger partial charge in [0.05, 0.1) is 6.21 Å². The van der Waals surface area contributed by atoms with Crippen molar-refractivity contribution in [3.8, 4) is 0 Å². The third kappa shape index (κ3) is 1.89. The second kappa shape index (κ2) is 4.63. The van der Waals surface area contributed by atoms with E-state index in [2.05, 4.69) is 37.4 Å². The molecule has 20 heavy (non-hydrogen) atoms. The van der Waals surface area contributed by atoms with Crippen LogP contribution >= 0.6 is 11.6 Å². The fraction of sp³-hybridized carbons (Fsp3) is 0.471. The van der Waals surface area contributed by atoms with E-state index in [1.807, 2.05) is 24.3 Å². The maximum absolute atomic E-state index is 6.12. The number of benzene rings is 1. The molecule has 2 aliphatic rings. The predicted octanol–water partition coefficient (Wildman–Crippen LogP) is 4.60. The molecule has 0 spiro atoms. The molecule has 3 heteroatoms. The SMILES string of the molecule is CC1(C)[C@H]2C=C(NN=Cc3ccccc3Cl)[C@@]1(C)CC2. The maximum Gasteiger partial charge on any atom is 0.0559 e. The van der Waals surface area contributed by atoms with E-state index in [4.69, 9.17) is 11.6 Å². The fourth-order valence-electron chi connectivity index (χ4n) is 3.61. The van der Waals surface area contributed by atoms with Crippen LogP contribution in [0.4, 0.5) is 0 Å². The van der Waals surface area contributed by atoms with Crippen LogP contribution in [0.2, 0.25) is 5.02 Å². The molecular weight excluding hydrogens is 268 g/mol. The number of nitrogens with zero attached hydrogens (tertiary/aromatic N) is 1. The summed E-state index contributed by atoms with van der Waals surface area (Å²) in [4.78, 5) is 0. The van der Waals surface area contributed by atoms with Gasteiger partial charge in [0.25, 0.3) is 0 Å². The van der Waals surface area contributed by atoms with Crippen molar-refractivity contribution in [2.75, 3.05) is 0 Å². The van der Waals surface area contributed by atoms with Gasteiger partial charge < -0.3 is 0 Å². The number of fused-ring (bicyclic) bond motifs is 2. The molecule has 106 valence electrons. The number of hydrogen-bond donors (Lipinski definition) is 1. The summed E-state index contributed by atoms with van der Waals surface area (Å²) in [5.74, 6) is 0.672. The highest BCUT2D eigenvalue weighted by Gasteiger charge is 2.57. The average molecular weight is 289 g/mol. The van der Waals surface area contributed by atoms with Crippen molar-refractivity contribution in [3.05, 3.63) is 46.6 Å². The number of hydrazone groups is 1. The van der Waals surface area contributed by atoms with E-state index in [0.717, 1.165) is 10.6 Å². The van der Waals surface area contributed by atoms with Crippen molar-refractivity contribution in [1.82, 2.24) is 5.43 Å². The van der Waals surface area contributed by atoms with E-state index in [-0.39, 0.29) is 5.41 Å². The lowest BCUT2D eigenvalue weighted by Crippen LogP contribution is -2.33. The molecule has 1 saturated carbocycles. The van der Waals surface area contributed by atoms with Gasteiger partial charge in [-0.05, 0) is 30.2 Å². The minimum absolute atomic E-state index is 0.218. The molecular formula is C17H21ClN2. The van der Waals surface area contributed by atoms with Gasteiger partial charge in [-0.3, -0.25) is 5.43 Å². The van der Waals surface area contributed by atoms with Crippen molar-refractivity contribution < 1.29 is 0 Å². The fourth-order valence-corrected chi connectivity index (χ4v) is 3.79. The smallest absolute Gasteiger partial charge is 0.0559 e. The van der Waals surface area contributed by atoms with Crippen LogP contribution in [0.1, 0.15) is 39.2 Å². The van der Waals surface area contributed by atoms with Gasteiger partial charge in [-0.15, -0.1) is 0 Å². The van der Waals surface area contributed by atoms with Gasteiger partial charge in [-0.25, -0.2) is 0 Å². The van der Waals surface area contributed by atoms with Crippen LogP contribution < -0.4 is 5.43 Å². The number of hydrogen-bond acceptors (Lipinski definition) is 2. The Balaban J connectivity index is 1.75. The molecule has 0 saturated heterocycles. The van der Waals surface area contributed by atoms with E-state index < -0.39 is 0 Å². The van der Waals surface area contributed by atoms with Gasteiger partial charge in [-0.1, -0.05) is 56.6 Å². The average Bonchev–Trinajstić information content (AvgIpc) is 2.74. The number of halogens is 1. The highest BCUT2D eigenvalue weighted by Crippen LogP contribution is 2.64. The Kier molecular flexibility index (Phi) is 3.17. The highest BCUT2D eigenvalue weighted by atomic mass is 35.5. The quantitative estimate of drug-likeness (QED) is 0.638. The highest BCUT2D eigenvalue weighted by molar-refractivity contribution is 6.33. The third-order valence-electron chi connectivity index (χ3n) is 5.56. The molecule has 1 aromatic rings. The van der Waals surface area contributed by atoms with Crippen molar-refractivity contribution >= 4 is 17.8 Å². The molecule has 0 radical (unpaired) electrons. The third-order valence-corrected chi connectivity index (χ3v) is 5.90. The zero-order valence-corrected chi connectivity index (χ0v) is 13.0. The summed E-state index contributed by atoms with van der Waals surface area (Å²) in [5, 5.41) is 5.11. The molecule has 0 aromatic heterocycles. The summed E-state index contributed by atoms with van der Waals surface area (Å²) < 4.78 is 0. The van der Waals surface area contributed by atoms with Gasteiger partial charge >= 0.3 is 0 Å². The van der Waals surface area contributed by atoms with E-state index in [1.165, 1.54) is 18.5 Å². The molecule has 0 unspecified atom stereocenters. The van der Waals surface area contributed by atoms with Crippen molar-refractivity contribution in [1.29, 1.82) is 0 Å². The van der Waals surface area contributed by atoms with E-state index in [9.17, 15) is 0 Å². The molecule has 1 fully saturated rings. The summed E-state index contributed by atoms with van der Waals surface area (Å²) in [7, 11) is 0. The molecule has 1 aromatic carbocycles. The first-order valence-electron chi connectivity index (χ1n) is 7.21. The van der Waals surface area contributed by atoms with Crippen LogP contribution in [0, 0.1) is 16.7 Å². The van der Waals surface area contributed by atoms with Crippen LogP contribution in [-0.2, 0) is 0 Å². The Morgan fingerprint density at radius 1 is 1.30 bits per heavy atom. The molecule has 0 heterocycles. The second-order valence-electron chi connectivity index (χ2n) is 6.67. The first kappa shape index (κ1) is 13.7. The van der Waals surface area contributed by atoms with E-state index in [0.29, 0.717) is 11.3 Å². The first-order valence-corrected chi connectivity index (χ1v) is 7.59. The summed E-state index contributed by atoms with van der Waals surface area (Å²) >= 11 is 6.12. The summed E-state index contributed by atoms with van der Waals surface area (Å²) in [5.41, 5.74) is 6.01. The lowest BCUT2D eigenvalue weighted by Gasteiger charge is -2.36. The first-order chi connectivity index (χ1) is 9.45. The molecule has 2 aliphatic carbocycles. The van der Waals surface area contributed by atoms with Gasteiger partial charge in [0.1, 0.15) is 0 Å². The van der Waals surface area contributed by atoms with Crippen LogP contribution in [0.3, 0.4) is 0 Å². The topological polar surface area (TPSA) is 24.4 Å². The molecule has 3 rings (SSSR count). The van der Waals surface area contributed by atoms with Crippen LogP contribution in [0.5, 0.6) is 0 Å². The van der Waals surface area contributed by atoms with Gasteiger partial charge in [0.15, 0.2) is 0 Å². The monoisotopic (exact) mass is 288 g/mol. The standard InChI is InChI=1S/C17H21ClN2/c1-16(2)13-8-9-17(16,3)15(10-13)20-19-11-12-6-4-5-7-14(12)18/h4-7,10-11,13,20H,8-9H2,1-3H3/t13-,17-/m1/s1. The summed E-state index contributed by atoms with van der Waals surface area (Å²) in [6.45, 7) is 7.09. The van der Waals surface area contributed by atoms with Crippen molar-refractivity contribution in [3.63, 3.8) is 0 Å². The van der Waals surface area contributed by atoms with Crippen LogP contribution in [0.25, 0.3) is 0 Å². The zero-order chi connectivity index (χ0) is 14.4. The Bertz CT molecular complexity index is 588. The maximum atomic E-state index is 6.12. The Morgan fingerprint density at radius 2 is 2.05 bits per heavy atom. The van der Waals surface area contributed by atoms with Gasteiger partial charge in [0, 0.05) is 21.7 Å². The number of nitrogens with one attached hydrogen (secondary N) is 1. The minimum atomic E-state index is 0.218. The Hall–Kier alpha value is -1.28. The molecule has 0 aliphatic heterocycles. The molecule has 0 amide bonds. The second-order valence-corrected chi connectivity index (χ2v) is 7.08. The Morgan fingerprint density at radius 3 is 2.65 bits per heavy atom. The summed E-state index contributed by atoms with van der Waals surface area (Å²) in [6, 6.07) is 7.74. The minimum Gasteiger partial charge on any atom is -0.282 e. The predicted molar refractivity (Wildman–Crippen MR) is 84.9 cm³/mol. The molecule has 2 atom stereocenters. The number of rotatable bonds is 3. The Labute approximate surface area is 125 Å². The normalized spacial score (nSPS) is 30.8. The van der Waals surface area contributed by atoms with Gasteiger partial charge in [0.2, 0.25) is 0 Å². The molecule has 2 bridgehead atoms. The van der Waals surface area contributed by atoms with Crippen molar-refractivity contribution in [2.24, 2.45) is 21.8 Å². The lowest BCUT2D eigenvalue weighted by atomic mass is 9.69. The van der Waals surface area contributed by atoms with Crippen LogP contribution in [-0.4, -0.2) is 6.21 Å². The summed E-state index contributed by atoms with van der Waals surface area (Å²) in [6.07, 6.45) is 6.70. The molecule has 2 nitrogen and oxygen atoms in total. The molecule has 1 N–H and O–H groups in total. The van der Waals surface area contributed by atoms with Gasteiger partial charge in [-0.2, -0.15) is 5.10 Å². The zero-order valence-electron chi connectivity index (χ0n) is 12.3. The largest absolute Gasteiger partial charge is 0.282 e. The van der Waals surface area contributed by atoms with Crippen LogP contribution in [0.15, 0.2) is 41.1 Å². The van der Waals surface area contributed by atoms with E-state index in [1.54, 1.807) is 6.21 Å². The van der Waals surface area contributed by atoms with E-state index >= 15 is 0 Å². The number of allylic oxidation sites excluding steroid dienone is 2.